The first-order chi connectivity index (χ1) is 8.83. The molecule has 0 amide bonds. The van der Waals surface area contributed by atoms with E-state index in [0.717, 1.165) is 12.1 Å². The zero-order valence-electron chi connectivity index (χ0n) is 9.35. The number of ether oxygens (including phenoxy) is 2. The maximum absolute atomic E-state index is 11.7. The quantitative estimate of drug-likeness (QED) is 0.345. The Morgan fingerprint density at radius 3 is 2.53 bits per heavy atom. The van der Waals surface area contributed by atoms with E-state index in [-0.39, 0.29) is 11.3 Å². The number of hydrogen-bond donors (Lipinski definition) is 0. The van der Waals surface area contributed by atoms with Crippen molar-refractivity contribution in [2.75, 3.05) is 13.2 Å². The number of nitro groups is 1. The molecular formula is C10H8F3NO5. The van der Waals surface area contributed by atoms with Crippen molar-refractivity contribution in [2.24, 2.45) is 0 Å². The van der Waals surface area contributed by atoms with Crippen LogP contribution < -0.4 is 4.74 Å². The molecule has 0 heterocycles. The molecule has 6 nitrogen and oxygen atoms in total. The monoisotopic (exact) mass is 279 g/mol. The summed E-state index contributed by atoms with van der Waals surface area (Å²) in [6.45, 7) is -1.31. The van der Waals surface area contributed by atoms with Gasteiger partial charge < -0.3 is 4.74 Å². The van der Waals surface area contributed by atoms with Crippen LogP contribution in [0.5, 0.6) is 5.75 Å². The molecule has 1 rings (SSSR count). The van der Waals surface area contributed by atoms with Gasteiger partial charge >= 0.3 is 12.0 Å². The lowest BCUT2D eigenvalue weighted by Crippen LogP contribution is -2.18. The molecule has 0 aromatic heterocycles. The fourth-order valence-corrected chi connectivity index (χ4v) is 1.18. The van der Waals surface area contributed by atoms with Gasteiger partial charge in [-0.3, -0.25) is 19.6 Å². The normalized spacial score (nSPS) is 11.1. The van der Waals surface area contributed by atoms with Crippen LogP contribution >= 0.6 is 0 Å². The van der Waals surface area contributed by atoms with E-state index in [1.165, 1.54) is 6.07 Å². The highest BCUT2D eigenvalue weighted by molar-refractivity contribution is 5.77. The lowest BCUT2D eigenvalue weighted by molar-refractivity contribution is -0.386. The maximum atomic E-state index is 11.7. The molecule has 9 heteroatoms. The van der Waals surface area contributed by atoms with Crippen LogP contribution in [-0.4, -0.2) is 30.8 Å². The molecule has 0 fully saturated rings. The Morgan fingerprint density at radius 2 is 2.00 bits per heavy atom. The van der Waals surface area contributed by atoms with Crippen molar-refractivity contribution in [3.8, 4) is 5.75 Å². The molecule has 0 spiro atoms. The number of aldehydes is 1. The number of halogens is 3. The van der Waals surface area contributed by atoms with E-state index in [1.54, 1.807) is 0 Å². The fraction of sp³-hybridized carbons (Fsp3) is 0.300. The zero-order chi connectivity index (χ0) is 14.5. The number of rotatable bonds is 6. The second-order valence-corrected chi connectivity index (χ2v) is 3.24. The Labute approximate surface area is 104 Å². The molecule has 0 N–H and O–H groups in total. The number of nitro benzene ring substituents is 1. The first kappa shape index (κ1) is 14.9. The second kappa shape index (κ2) is 6.14. The van der Waals surface area contributed by atoms with Gasteiger partial charge in [-0.2, -0.15) is 0 Å². The number of carbonyl (C=O) groups is 1. The summed E-state index contributed by atoms with van der Waals surface area (Å²) in [5.41, 5.74) is -0.442. The summed E-state index contributed by atoms with van der Waals surface area (Å²) < 4.78 is 43.2. The summed E-state index contributed by atoms with van der Waals surface area (Å²) in [5, 5.41) is 10.7. The van der Waals surface area contributed by atoms with Crippen molar-refractivity contribution in [3.05, 3.63) is 33.9 Å². The largest absolute Gasteiger partial charge is 0.522 e. The third kappa shape index (κ3) is 4.92. The number of benzene rings is 1. The molecule has 19 heavy (non-hydrogen) atoms. The molecule has 0 aliphatic carbocycles. The summed E-state index contributed by atoms with van der Waals surface area (Å²) in [6.07, 6.45) is -4.37. The lowest BCUT2D eigenvalue weighted by atomic mass is 10.2. The van der Waals surface area contributed by atoms with Crippen LogP contribution in [0.25, 0.3) is 0 Å². The van der Waals surface area contributed by atoms with E-state index < -0.39 is 30.2 Å². The summed E-state index contributed by atoms with van der Waals surface area (Å²) >= 11 is 0. The Morgan fingerprint density at radius 1 is 1.32 bits per heavy atom. The standard InChI is InChI=1S/C10H8F3NO5/c11-10(12,13)19-4-3-18-9-2-1-7(6-15)5-8(9)14(16)17/h1-2,5-6H,3-4H2. The smallest absolute Gasteiger partial charge is 0.484 e. The first-order valence-corrected chi connectivity index (χ1v) is 4.90. The molecule has 1 aromatic carbocycles. The van der Waals surface area contributed by atoms with Crippen LogP contribution in [0.2, 0.25) is 0 Å². The van der Waals surface area contributed by atoms with Gasteiger partial charge in [0.15, 0.2) is 5.75 Å². The van der Waals surface area contributed by atoms with Crippen molar-refractivity contribution in [2.45, 2.75) is 6.36 Å². The predicted octanol–water partition coefficient (Wildman–Crippen LogP) is 2.32. The predicted molar refractivity (Wildman–Crippen MR) is 56.0 cm³/mol. The number of carbonyl (C=O) groups excluding carboxylic acids is 1. The SMILES string of the molecule is O=Cc1ccc(OCCOC(F)(F)F)c([N+](=O)[O-])c1. The summed E-state index contributed by atoms with van der Waals surface area (Å²) in [5.74, 6) is -0.235. The minimum absolute atomic E-state index is 0.0607. The molecule has 1 aromatic rings. The Balaban J connectivity index is 2.67. The molecule has 0 radical (unpaired) electrons. The Bertz CT molecular complexity index is 475. The van der Waals surface area contributed by atoms with Crippen LogP contribution in [0.1, 0.15) is 10.4 Å². The maximum Gasteiger partial charge on any atom is 0.522 e. The topological polar surface area (TPSA) is 78.7 Å². The molecule has 0 atom stereocenters. The van der Waals surface area contributed by atoms with Crippen LogP contribution in [0, 0.1) is 10.1 Å². The second-order valence-electron chi connectivity index (χ2n) is 3.24. The minimum atomic E-state index is -4.78. The highest BCUT2D eigenvalue weighted by Crippen LogP contribution is 2.27. The average Bonchev–Trinajstić information content (AvgIpc) is 2.33. The summed E-state index contributed by atoms with van der Waals surface area (Å²) in [4.78, 5) is 20.3. The van der Waals surface area contributed by atoms with Gasteiger partial charge in [-0.05, 0) is 12.1 Å². The lowest BCUT2D eigenvalue weighted by Gasteiger charge is -2.09. The Kier molecular flexibility index (Phi) is 4.81. The van der Waals surface area contributed by atoms with Crippen molar-refractivity contribution >= 4 is 12.0 Å². The van der Waals surface area contributed by atoms with Gasteiger partial charge in [0.2, 0.25) is 0 Å². The molecule has 0 aliphatic heterocycles. The molecule has 0 aliphatic rings. The average molecular weight is 279 g/mol. The number of alkyl halides is 3. The van der Waals surface area contributed by atoms with Gasteiger partial charge in [-0.25, -0.2) is 0 Å². The highest BCUT2D eigenvalue weighted by atomic mass is 19.4. The van der Waals surface area contributed by atoms with E-state index >= 15 is 0 Å². The summed E-state index contributed by atoms with van der Waals surface area (Å²) in [7, 11) is 0. The van der Waals surface area contributed by atoms with Gasteiger partial charge in [0.05, 0.1) is 11.5 Å². The van der Waals surface area contributed by atoms with Gasteiger partial charge in [-0.15, -0.1) is 13.2 Å². The first-order valence-electron chi connectivity index (χ1n) is 4.90. The highest BCUT2D eigenvalue weighted by Gasteiger charge is 2.28. The van der Waals surface area contributed by atoms with Crippen LogP contribution in [0.4, 0.5) is 18.9 Å². The molecular weight excluding hydrogens is 271 g/mol. The third-order valence-electron chi connectivity index (χ3n) is 1.92. The van der Waals surface area contributed by atoms with Crippen LogP contribution in [-0.2, 0) is 4.74 Å². The van der Waals surface area contributed by atoms with E-state index in [0.29, 0.717) is 6.29 Å². The van der Waals surface area contributed by atoms with Gasteiger partial charge in [0.25, 0.3) is 0 Å². The van der Waals surface area contributed by atoms with Crippen molar-refractivity contribution in [1.82, 2.24) is 0 Å². The van der Waals surface area contributed by atoms with Gasteiger partial charge in [0.1, 0.15) is 12.9 Å². The van der Waals surface area contributed by atoms with Crippen molar-refractivity contribution in [1.29, 1.82) is 0 Å². The van der Waals surface area contributed by atoms with E-state index in [2.05, 4.69) is 4.74 Å². The van der Waals surface area contributed by atoms with E-state index in [9.17, 15) is 28.1 Å². The fourth-order valence-electron chi connectivity index (χ4n) is 1.18. The van der Waals surface area contributed by atoms with E-state index in [1.807, 2.05) is 0 Å². The molecule has 0 saturated heterocycles. The molecule has 0 bridgehead atoms. The molecule has 104 valence electrons. The minimum Gasteiger partial charge on any atom is -0.484 e. The summed E-state index contributed by atoms with van der Waals surface area (Å²) in [6, 6.07) is 3.35. The van der Waals surface area contributed by atoms with Gasteiger partial charge in [-0.1, -0.05) is 0 Å². The van der Waals surface area contributed by atoms with Crippen LogP contribution in [0.15, 0.2) is 18.2 Å². The molecule has 0 unspecified atom stereocenters. The number of hydrogen-bond acceptors (Lipinski definition) is 5. The van der Waals surface area contributed by atoms with Gasteiger partial charge in [0, 0.05) is 11.6 Å². The number of nitrogens with zero attached hydrogens (tertiary/aromatic N) is 1. The van der Waals surface area contributed by atoms with Crippen molar-refractivity contribution in [3.63, 3.8) is 0 Å². The van der Waals surface area contributed by atoms with Crippen molar-refractivity contribution < 1.29 is 32.4 Å². The molecule has 0 saturated carbocycles. The van der Waals surface area contributed by atoms with Crippen LogP contribution in [0.3, 0.4) is 0 Å². The zero-order valence-corrected chi connectivity index (χ0v) is 9.35. The Hall–Kier alpha value is -2.16. The van der Waals surface area contributed by atoms with E-state index in [4.69, 9.17) is 4.74 Å². The third-order valence-corrected chi connectivity index (χ3v) is 1.92.